The number of rotatable bonds is 2. The molecule has 0 saturated heterocycles. The van der Waals surface area contributed by atoms with E-state index in [2.05, 4.69) is 53.1 Å². The third-order valence-corrected chi connectivity index (χ3v) is 2.36. The standard InChI is InChI=1S/C9H7Br3ClNO2/c10-9(11,12)5-16-8(15)14-7-3-1-2-6(13)4-7/h1-4H,5H2,(H,14,15). The number of benzene rings is 1. The molecule has 0 aromatic heterocycles. The van der Waals surface area contributed by atoms with Crippen LogP contribution >= 0.6 is 59.4 Å². The second-order valence-corrected chi connectivity index (χ2v) is 10.5. The van der Waals surface area contributed by atoms with Crippen molar-refractivity contribution in [2.24, 2.45) is 0 Å². The number of amides is 1. The van der Waals surface area contributed by atoms with Gasteiger partial charge in [-0.15, -0.1) is 0 Å². The van der Waals surface area contributed by atoms with E-state index in [1.165, 1.54) is 0 Å². The minimum atomic E-state index is -0.599. The van der Waals surface area contributed by atoms with Crippen LogP contribution in [-0.2, 0) is 4.74 Å². The molecule has 1 rings (SSSR count). The Morgan fingerprint density at radius 2 is 2.12 bits per heavy atom. The minimum Gasteiger partial charge on any atom is -0.446 e. The minimum absolute atomic E-state index is 0.124. The number of alkyl halides is 3. The van der Waals surface area contributed by atoms with Crippen LogP contribution < -0.4 is 5.32 Å². The van der Waals surface area contributed by atoms with Gasteiger partial charge in [-0.1, -0.05) is 65.5 Å². The smallest absolute Gasteiger partial charge is 0.411 e. The van der Waals surface area contributed by atoms with E-state index < -0.39 is 8.24 Å². The Morgan fingerprint density at radius 3 is 2.69 bits per heavy atom. The normalized spacial score (nSPS) is 11.0. The van der Waals surface area contributed by atoms with Crippen molar-refractivity contribution < 1.29 is 9.53 Å². The van der Waals surface area contributed by atoms with Gasteiger partial charge in [0.1, 0.15) is 6.61 Å². The molecular weight excluding hydrogens is 429 g/mol. The summed E-state index contributed by atoms with van der Waals surface area (Å²) in [5.41, 5.74) is 0.585. The average Bonchev–Trinajstić information content (AvgIpc) is 2.14. The van der Waals surface area contributed by atoms with Gasteiger partial charge in [0.25, 0.3) is 0 Å². The predicted octanol–water partition coefficient (Wildman–Crippen LogP) is 4.73. The summed E-state index contributed by atoms with van der Waals surface area (Å²) in [6, 6.07) is 6.81. The van der Waals surface area contributed by atoms with Crippen molar-refractivity contribution in [2.45, 2.75) is 2.14 Å². The Bertz CT molecular complexity index is 381. The molecule has 0 fully saturated rings. The lowest BCUT2D eigenvalue weighted by Gasteiger charge is -2.12. The molecule has 0 spiro atoms. The SMILES string of the molecule is O=C(Nc1cccc(Cl)c1)OCC(Br)(Br)Br. The fourth-order valence-corrected chi connectivity index (χ4v) is 1.40. The summed E-state index contributed by atoms with van der Waals surface area (Å²) in [4.78, 5) is 11.3. The van der Waals surface area contributed by atoms with Crippen molar-refractivity contribution in [3.8, 4) is 0 Å². The molecule has 0 aliphatic rings. The second kappa shape index (κ2) is 6.23. The van der Waals surface area contributed by atoms with Crippen molar-refractivity contribution in [3.63, 3.8) is 0 Å². The van der Waals surface area contributed by atoms with Gasteiger partial charge in [0, 0.05) is 10.7 Å². The zero-order valence-electron chi connectivity index (χ0n) is 7.84. The molecule has 0 bridgehead atoms. The van der Waals surface area contributed by atoms with E-state index in [1.54, 1.807) is 24.3 Å². The van der Waals surface area contributed by atoms with Crippen molar-refractivity contribution in [1.82, 2.24) is 0 Å². The van der Waals surface area contributed by atoms with Gasteiger partial charge in [0.2, 0.25) is 0 Å². The zero-order chi connectivity index (χ0) is 12.2. The topological polar surface area (TPSA) is 38.3 Å². The molecule has 88 valence electrons. The maximum Gasteiger partial charge on any atom is 0.411 e. The molecule has 1 aromatic carbocycles. The highest BCUT2D eigenvalue weighted by Crippen LogP contribution is 2.33. The van der Waals surface area contributed by atoms with Gasteiger partial charge in [-0.05, 0) is 18.2 Å². The Labute approximate surface area is 123 Å². The van der Waals surface area contributed by atoms with Crippen molar-refractivity contribution >= 4 is 71.2 Å². The average molecular weight is 436 g/mol. The molecule has 0 unspecified atom stereocenters. The lowest BCUT2D eigenvalue weighted by Crippen LogP contribution is -2.20. The predicted molar refractivity (Wildman–Crippen MR) is 75.9 cm³/mol. The molecule has 0 radical (unpaired) electrons. The molecule has 0 heterocycles. The van der Waals surface area contributed by atoms with Gasteiger partial charge in [-0.2, -0.15) is 0 Å². The van der Waals surface area contributed by atoms with Crippen molar-refractivity contribution in [2.75, 3.05) is 11.9 Å². The van der Waals surface area contributed by atoms with E-state index in [0.717, 1.165) is 0 Å². The Balaban J connectivity index is 2.46. The van der Waals surface area contributed by atoms with Gasteiger partial charge in [0.05, 0.1) is 0 Å². The summed E-state index contributed by atoms with van der Waals surface area (Å²) < 4.78 is 4.32. The number of halogens is 4. The van der Waals surface area contributed by atoms with Gasteiger partial charge in [-0.3, -0.25) is 5.32 Å². The first kappa shape index (κ1) is 14.3. The summed E-state index contributed by atoms with van der Waals surface area (Å²) in [6.45, 7) is 0.124. The quantitative estimate of drug-likeness (QED) is 0.681. The van der Waals surface area contributed by atoms with E-state index in [4.69, 9.17) is 16.3 Å². The van der Waals surface area contributed by atoms with Gasteiger partial charge in [0.15, 0.2) is 2.14 Å². The molecule has 1 aromatic rings. The Kier molecular flexibility index (Phi) is 5.56. The summed E-state index contributed by atoms with van der Waals surface area (Å²) in [5.74, 6) is 0. The fourth-order valence-electron chi connectivity index (χ4n) is 0.868. The van der Waals surface area contributed by atoms with Gasteiger partial charge in [-0.25, -0.2) is 4.79 Å². The molecule has 16 heavy (non-hydrogen) atoms. The first-order valence-corrected chi connectivity index (χ1v) is 6.88. The van der Waals surface area contributed by atoms with Crippen LogP contribution in [0.25, 0.3) is 0 Å². The van der Waals surface area contributed by atoms with Crippen molar-refractivity contribution in [3.05, 3.63) is 29.3 Å². The summed E-state index contributed by atoms with van der Waals surface area (Å²) in [7, 11) is 0. The Morgan fingerprint density at radius 1 is 1.44 bits per heavy atom. The van der Waals surface area contributed by atoms with E-state index >= 15 is 0 Å². The third-order valence-electron chi connectivity index (χ3n) is 1.44. The molecule has 3 nitrogen and oxygen atoms in total. The summed E-state index contributed by atoms with van der Waals surface area (Å²) in [6.07, 6.45) is -0.551. The molecule has 0 aliphatic heterocycles. The molecule has 1 amide bonds. The highest BCUT2D eigenvalue weighted by atomic mass is 80.0. The van der Waals surface area contributed by atoms with Crippen LogP contribution in [0.3, 0.4) is 0 Å². The number of ether oxygens (including phenoxy) is 1. The highest BCUT2D eigenvalue weighted by Gasteiger charge is 2.20. The Hall–Kier alpha value is 0.220. The number of hydrogen-bond acceptors (Lipinski definition) is 2. The number of anilines is 1. The van der Waals surface area contributed by atoms with Crippen LogP contribution in [0.2, 0.25) is 5.02 Å². The maximum absolute atomic E-state index is 11.3. The number of hydrogen-bond donors (Lipinski definition) is 1. The van der Waals surface area contributed by atoms with Crippen LogP contribution in [0, 0.1) is 0 Å². The third kappa shape index (κ3) is 6.08. The van der Waals surface area contributed by atoms with E-state index in [0.29, 0.717) is 10.7 Å². The first-order chi connectivity index (χ1) is 7.37. The lowest BCUT2D eigenvalue weighted by atomic mass is 10.3. The number of carbonyl (C=O) groups is 1. The number of carbonyl (C=O) groups excluding carboxylic acids is 1. The molecule has 0 aliphatic carbocycles. The maximum atomic E-state index is 11.3. The molecule has 0 saturated carbocycles. The van der Waals surface area contributed by atoms with E-state index in [-0.39, 0.29) is 6.61 Å². The molecular formula is C9H7Br3ClNO2. The second-order valence-electron chi connectivity index (χ2n) is 2.83. The zero-order valence-corrected chi connectivity index (χ0v) is 13.4. The lowest BCUT2D eigenvalue weighted by molar-refractivity contribution is 0.166. The van der Waals surface area contributed by atoms with Crippen LogP contribution in [0.4, 0.5) is 10.5 Å². The van der Waals surface area contributed by atoms with Gasteiger partial charge < -0.3 is 4.74 Å². The van der Waals surface area contributed by atoms with E-state index in [9.17, 15) is 4.79 Å². The largest absolute Gasteiger partial charge is 0.446 e. The van der Waals surface area contributed by atoms with Crippen LogP contribution in [0.5, 0.6) is 0 Å². The van der Waals surface area contributed by atoms with Crippen molar-refractivity contribution in [1.29, 1.82) is 0 Å². The molecule has 1 N–H and O–H groups in total. The number of nitrogens with one attached hydrogen (secondary N) is 1. The fraction of sp³-hybridized carbons (Fsp3) is 0.222. The van der Waals surface area contributed by atoms with Crippen LogP contribution in [-0.4, -0.2) is 14.8 Å². The van der Waals surface area contributed by atoms with E-state index in [1.807, 2.05) is 0 Å². The van der Waals surface area contributed by atoms with Crippen LogP contribution in [0.1, 0.15) is 0 Å². The molecule has 7 heteroatoms. The monoisotopic (exact) mass is 433 g/mol. The van der Waals surface area contributed by atoms with Crippen LogP contribution in [0.15, 0.2) is 24.3 Å². The highest BCUT2D eigenvalue weighted by molar-refractivity contribution is 9.39. The first-order valence-electron chi connectivity index (χ1n) is 4.13. The summed E-state index contributed by atoms with van der Waals surface area (Å²) >= 11 is 15.4. The summed E-state index contributed by atoms with van der Waals surface area (Å²) in [5, 5.41) is 3.10. The van der Waals surface area contributed by atoms with Gasteiger partial charge >= 0.3 is 6.09 Å². The molecule has 0 atom stereocenters.